The van der Waals surface area contributed by atoms with Crippen molar-refractivity contribution in [3.05, 3.63) is 24.4 Å². The fourth-order valence-corrected chi connectivity index (χ4v) is 4.64. The molecule has 1 aliphatic rings. The summed E-state index contributed by atoms with van der Waals surface area (Å²) < 4.78 is 52.7. The van der Waals surface area contributed by atoms with Crippen molar-refractivity contribution in [2.45, 2.75) is 62.6 Å². The average Bonchev–Trinajstić information content (AvgIpc) is 2.69. The third kappa shape index (κ3) is 6.23. The van der Waals surface area contributed by atoms with E-state index in [1.165, 1.54) is 24.4 Å². The van der Waals surface area contributed by atoms with Crippen molar-refractivity contribution >= 4 is 33.7 Å². The largest absolute Gasteiger partial charge is 0.463 e. The first kappa shape index (κ1) is 25.2. The van der Waals surface area contributed by atoms with Crippen LogP contribution in [0.15, 0.2) is 29.4 Å². The monoisotopic (exact) mass is 473 g/mol. The summed E-state index contributed by atoms with van der Waals surface area (Å²) in [6.07, 6.45) is -4.89. The van der Waals surface area contributed by atoms with E-state index in [0.717, 1.165) is 27.7 Å². The molecule has 0 N–H and O–H groups in total. The number of hydrogen-bond acceptors (Lipinski definition) is 12. The van der Waals surface area contributed by atoms with Crippen LogP contribution < -0.4 is 0 Å². The maximum absolute atomic E-state index is 13.3. The molecule has 13 heteroatoms. The summed E-state index contributed by atoms with van der Waals surface area (Å²) in [7, 11) is -4.43. The van der Waals surface area contributed by atoms with E-state index >= 15 is 0 Å². The molecular formula is C19H23NO11S. The van der Waals surface area contributed by atoms with E-state index in [1.54, 1.807) is 0 Å². The van der Waals surface area contributed by atoms with Crippen molar-refractivity contribution in [2.75, 3.05) is 6.61 Å². The fraction of sp³-hybridized carbons (Fsp3) is 0.526. The number of nitrogens with zero attached hydrogens (tertiary/aromatic N) is 1. The molecule has 0 aromatic carbocycles. The molecule has 2 heterocycles. The van der Waals surface area contributed by atoms with Crippen molar-refractivity contribution in [2.24, 2.45) is 0 Å². The zero-order valence-electron chi connectivity index (χ0n) is 17.7. The van der Waals surface area contributed by atoms with Crippen LogP contribution in [0.2, 0.25) is 0 Å². The molecule has 1 fully saturated rings. The lowest BCUT2D eigenvalue weighted by atomic mass is 9.99. The number of rotatable bonds is 7. The molecule has 0 radical (unpaired) electrons. The Hall–Kier alpha value is -3.06. The van der Waals surface area contributed by atoms with Crippen molar-refractivity contribution < 1.29 is 51.3 Å². The van der Waals surface area contributed by atoms with Gasteiger partial charge in [-0.1, -0.05) is 6.07 Å². The van der Waals surface area contributed by atoms with E-state index in [2.05, 4.69) is 4.98 Å². The van der Waals surface area contributed by atoms with E-state index in [0.29, 0.717) is 0 Å². The lowest BCUT2D eigenvalue weighted by Gasteiger charge is -2.43. The van der Waals surface area contributed by atoms with Gasteiger partial charge in [-0.2, -0.15) is 0 Å². The van der Waals surface area contributed by atoms with Gasteiger partial charge in [-0.3, -0.25) is 19.2 Å². The number of aromatic nitrogens is 1. The van der Waals surface area contributed by atoms with Crippen molar-refractivity contribution in [3.8, 4) is 0 Å². The standard InChI is InChI=1S/C19H23NO11S/c1-10(21)27-9-14-16(28-11(2)22)17(29-12(3)23)18(30-13(4)24)19(31-14)32(25,26)15-7-5-6-8-20-15/h5-8,14,16-19H,9H2,1-4H3/t14-,16+,17+,18-,19?/m1/s1. The van der Waals surface area contributed by atoms with Crippen LogP contribution in [0.3, 0.4) is 0 Å². The molecule has 1 aromatic heterocycles. The summed E-state index contributed by atoms with van der Waals surface area (Å²) >= 11 is 0. The normalized spacial score (nSPS) is 25.3. The molecule has 1 aliphatic heterocycles. The molecule has 5 atom stereocenters. The first-order valence-electron chi connectivity index (χ1n) is 9.39. The van der Waals surface area contributed by atoms with Gasteiger partial charge in [-0.25, -0.2) is 13.4 Å². The summed E-state index contributed by atoms with van der Waals surface area (Å²) in [6.45, 7) is 3.68. The zero-order chi connectivity index (χ0) is 24.1. The summed E-state index contributed by atoms with van der Waals surface area (Å²) in [5.41, 5.74) is -1.92. The Bertz CT molecular complexity index is 963. The highest BCUT2D eigenvalue weighted by atomic mass is 32.2. The van der Waals surface area contributed by atoms with E-state index in [4.69, 9.17) is 23.7 Å². The van der Waals surface area contributed by atoms with Gasteiger partial charge in [0.15, 0.2) is 23.3 Å². The third-order valence-electron chi connectivity index (χ3n) is 4.18. The second-order valence-electron chi connectivity index (χ2n) is 6.78. The van der Waals surface area contributed by atoms with Gasteiger partial charge >= 0.3 is 23.9 Å². The van der Waals surface area contributed by atoms with Crippen LogP contribution in [-0.4, -0.2) is 73.7 Å². The Morgan fingerprint density at radius 2 is 1.44 bits per heavy atom. The lowest BCUT2D eigenvalue weighted by Crippen LogP contribution is -2.64. The molecule has 1 saturated heterocycles. The number of pyridine rings is 1. The number of hydrogen-bond donors (Lipinski definition) is 0. The highest BCUT2D eigenvalue weighted by Crippen LogP contribution is 2.33. The molecule has 12 nitrogen and oxygen atoms in total. The Labute approximate surface area is 184 Å². The topological polar surface area (TPSA) is 161 Å². The number of carbonyl (C=O) groups is 4. The van der Waals surface area contributed by atoms with E-state index in [-0.39, 0.29) is 0 Å². The van der Waals surface area contributed by atoms with Crippen molar-refractivity contribution in [1.82, 2.24) is 4.98 Å². The van der Waals surface area contributed by atoms with Crippen LogP contribution in [0.1, 0.15) is 27.7 Å². The van der Waals surface area contributed by atoms with Crippen LogP contribution in [0, 0.1) is 0 Å². The van der Waals surface area contributed by atoms with Crippen LogP contribution in [0.5, 0.6) is 0 Å². The maximum Gasteiger partial charge on any atom is 0.303 e. The molecule has 0 saturated carbocycles. The number of ether oxygens (including phenoxy) is 5. The first-order valence-corrected chi connectivity index (χ1v) is 10.9. The SMILES string of the molecule is CC(=O)OC[C@H]1OC(S(=O)(=O)c2ccccn2)[C@H](OC(C)=O)[C@@H](OC(C)=O)[C@H]1OC(C)=O. The number of carbonyl (C=O) groups excluding carboxylic acids is 4. The minimum atomic E-state index is -4.43. The van der Waals surface area contributed by atoms with Crippen LogP contribution in [0.25, 0.3) is 0 Å². The summed E-state index contributed by atoms with van der Waals surface area (Å²) in [6, 6.07) is 4.11. The van der Waals surface area contributed by atoms with Gasteiger partial charge in [-0.15, -0.1) is 0 Å². The Morgan fingerprint density at radius 3 is 1.94 bits per heavy atom. The predicted octanol–water partition coefficient (Wildman–Crippen LogP) is -0.0616. The van der Waals surface area contributed by atoms with E-state index < -0.39 is 75.2 Å². The molecule has 1 aromatic rings. The van der Waals surface area contributed by atoms with Crippen LogP contribution in [-0.2, 0) is 52.7 Å². The maximum atomic E-state index is 13.3. The van der Waals surface area contributed by atoms with E-state index in [1.807, 2.05) is 0 Å². The van der Waals surface area contributed by atoms with Gasteiger partial charge in [0.25, 0.3) is 0 Å². The summed E-state index contributed by atoms with van der Waals surface area (Å²) in [5.74, 6) is -3.31. The molecular weight excluding hydrogens is 450 g/mol. The molecule has 1 unspecified atom stereocenters. The zero-order valence-corrected chi connectivity index (χ0v) is 18.6. The van der Waals surface area contributed by atoms with E-state index in [9.17, 15) is 27.6 Å². The number of sulfone groups is 1. The predicted molar refractivity (Wildman–Crippen MR) is 103 cm³/mol. The van der Waals surface area contributed by atoms with Crippen molar-refractivity contribution in [3.63, 3.8) is 0 Å². The highest BCUT2D eigenvalue weighted by Gasteiger charge is 2.56. The van der Waals surface area contributed by atoms with Gasteiger partial charge in [0, 0.05) is 33.9 Å². The average molecular weight is 473 g/mol. The minimum absolute atomic E-state index is 0.402. The molecule has 0 spiro atoms. The quantitative estimate of drug-likeness (QED) is 0.384. The first-order chi connectivity index (χ1) is 14.9. The Morgan fingerprint density at radius 1 is 0.875 bits per heavy atom. The fourth-order valence-electron chi connectivity index (χ4n) is 3.07. The van der Waals surface area contributed by atoms with Gasteiger partial charge < -0.3 is 23.7 Å². The summed E-state index contributed by atoms with van der Waals surface area (Å²) in [4.78, 5) is 50.4. The second-order valence-corrected chi connectivity index (χ2v) is 8.75. The van der Waals surface area contributed by atoms with Gasteiger partial charge in [0.2, 0.25) is 15.3 Å². The van der Waals surface area contributed by atoms with Crippen LogP contribution in [0.4, 0.5) is 0 Å². The Balaban J connectivity index is 2.61. The van der Waals surface area contributed by atoms with Crippen LogP contribution >= 0.6 is 0 Å². The van der Waals surface area contributed by atoms with Gasteiger partial charge in [0.05, 0.1) is 0 Å². The molecule has 2 rings (SSSR count). The minimum Gasteiger partial charge on any atom is -0.463 e. The third-order valence-corrected chi connectivity index (χ3v) is 6.00. The molecule has 0 bridgehead atoms. The molecule has 0 amide bonds. The highest BCUT2D eigenvalue weighted by molar-refractivity contribution is 7.91. The molecule has 32 heavy (non-hydrogen) atoms. The molecule has 0 aliphatic carbocycles. The smallest absolute Gasteiger partial charge is 0.303 e. The van der Waals surface area contributed by atoms with Gasteiger partial charge in [-0.05, 0) is 12.1 Å². The van der Waals surface area contributed by atoms with Crippen molar-refractivity contribution in [1.29, 1.82) is 0 Å². The molecule has 176 valence electrons. The second kappa shape index (κ2) is 10.5. The summed E-state index contributed by atoms with van der Waals surface area (Å²) in [5, 5.41) is -0.402. The Kier molecular flexibility index (Phi) is 8.27. The number of esters is 4. The van der Waals surface area contributed by atoms with Gasteiger partial charge in [0.1, 0.15) is 12.7 Å². The lowest BCUT2D eigenvalue weighted by molar-refractivity contribution is -0.238.